The van der Waals surface area contributed by atoms with E-state index in [0.29, 0.717) is 0 Å². The predicted octanol–water partition coefficient (Wildman–Crippen LogP) is 2.82. The van der Waals surface area contributed by atoms with E-state index < -0.39 is 0 Å². The second-order valence-corrected chi connectivity index (χ2v) is 10.1. The molecule has 0 spiro atoms. The van der Waals surface area contributed by atoms with Crippen molar-refractivity contribution in [2.24, 2.45) is 0 Å². The van der Waals surface area contributed by atoms with Crippen LogP contribution < -0.4 is 0 Å². The van der Waals surface area contributed by atoms with Crippen molar-refractivity contribution in [1.29, 1.82) is 0 Å². The van der Waals surface area contributed by atoms with Gasteiger partial charge in [-0.2, -0.15) is 0 Å². The van der Waals surface area contributed by atoms with Gasteiger partial charge < -0.3 is 2.85 Å². The molecule has 0 aromatic carbocycles. The summed E-state index contributed by atoms with van der Waals surface area (Å²) in [5.41, 5.74) is 0. The third-order valence-corrected chi connectivity index (χ3v) is 8.00. The van der Waals surface area contributed by atoms with Crippen LogP contribution in [0, 0.1) is 0 Å². The first-order valence-electron chi connectivity index (χ1n) is 4.20. The van der Waals surface area contributed by atoms with Gasteiger partial charge in [-0.25, -0.2) is 0 Å². The topological polar surface area (TPSA) is 0 Å². The molecular formula is C8H22Ge-2. The molecule has 0 saturated heterocycles. The van der Waals surface area contributed by atoms with Crippen LogP contribution in [0.3, 0.4) is 0 Å². The van der Waals surface area contributed by atoms with Crippen molar-refractivity contribution in [1.82, 2.24) is 0 Å². The Bertz CT molecular complexity index is 61.1. The number of hydrogen-bond acceptors (Lipinski definition) is 0. The average Bonchev–Trinajstić information content (AvgIpc) is 1.87. The third kappa shape index (κ3) is 5.01. The van der Waals surface area contributed by atoms with E-state index in [1.807, 2.05) is 0 Å². The van der Waals surface area contributed by atoms with Crippen molar-refractivity contribution in [3.63, 3.8) is 0 Å². The van der Waals surface area contributed by atoms with Crippen LogP contribution in [-0.2, 0) is 0 Å². The van der Waals surface area contributed by atoms with Crippen molar-refractivity contribution < 1.29 is 2.85 Å². The zero-order valence-electron chi connectivity index (χ0n) is 9.28. The molecule has 0 nitrogen and oxygen atoms in total. The van der Waals surface area contributed by atoms with Gasteiger partial charge in [0.25, 0.3) is 0 Å². The van der Waals surface area contributed by atoms with Gasteiger partial charge in [0, 0.05) is 0 Å². The molecule has 2 atom stereocenters. The molecule has 2 unspecified atom stereocenters. The zero-order valence-corrected chi connectivity index (χ0v) is 10.2. The molecule has 0 aliphatic heterocycles. The largest absolute Gasteiger partial charge is 1.00 e. The van der Waals surface area contributed by atoms with Gasteiger partial charge in [-0.3, -0.25) is 0 Å². The Balaban J connectivity index is -0.000000320. The molecule has 0 radical (unpaired) electrons. The summed E-state index contributed by atoms with van der Waals surface area (Å²) in [6.07, 6.45) is 2.84. The predicted molar refractivity (Wildman–Crippen MR) is 50.2 cm³/mol. The summed E-state index contributed by atoms with van der Waals surface area (Å²) >= 11 is -0.142. The van der Waals surface area contributed by atoms with Crippen molar-refractivity contribution in [2.75, 3.05) is 0 Å². The Morgan fingerprint density at radius 1 is 1.11 bits per heavy atom. The summed E-state index contributed by atoms with van der Waals surface area (Å²) in [6.45, 7) is 9.48. The van der Waals surface area contributed by atoms with E-state index in [0.717, 1.165) is 9.50 Å². The van der Waals surface area contributed by atoms with Gasteiger partial charge in [0.2, 0.25) is 0 Å². The van der Waals surface area contributed by atoms with Crippen LogP contribution in [0.25, 0.3) is 0 Å². The molecule has 0 amide bonds. The summed E-state index contributed by atoms with van der Waals surface area (Å²) in [4.78, 5) is 0. The molecule has 0 aliphatic carbocycles. The molecule has 0 aromatic heterocycles. The molecule has 0 saturated carbocycles. The van der Waals surface area contributed by atoms with Gasteiger partial charge in [-0.15, -0.1) is 0 Å². The minimum atomic E-state index is -0.142. The molecule has 0 heterocycles. The fraction of sp³-hybridized carbons (Fsp3) is 1.00. The average molecular weight is 191 g/mol. The standard InChI is InChI=1S/C8H20Ge.2H/c1-5-7(3)9-8(4)6-2;;/h7-8H,5-6,9H2,1-4H3;;/q;2*-1. The van der Waals surface area contributed by atoms with Gasteiger partial charge in [-0.1, -0.05) is 0 Å². The summed E-state index contributed by atoms with van der Waals surface area (Å²) in [5.74, 6) is 0. The van der Waals surface area contributed by atoms with E-state index in [1.165, 1.54) is 12.8 Å². The number of rotatable bonds is 4. The van der Waals surface area contributed by atoms with Crippen molar-refractivity contribution in [3.8, 4) is 0 Å². The molecule has 0 bridgehead atoms. The van der Waals surface area contributed by atoms with E-state index in [4.69, 9.17) is 0 Å². The third-order valence-electron chi connectivity index (χ3n) is 2.20. The van der Waals surface area contributed by atoms with Crippen LogP contribution in [0.1, 0.15) is 43.4 Å². The van der Waals surface area contributed by atoms with Crippen LogP contribution >= 0.6 is 0 Å². The molecular weight excluding hydrogens is 169 g/mol. The first kappa shape index (κ1) is 9.54. The Morgan fingerprint density at radius 2 is 1.44 bits per heavy atom. The van der Waals surface area contributed by atoms with Crippen molar-refractivity contribution in [3.05, 3.63) is 0 Å². The van der Waals surface area contributed by atoms with Crippen LogP contribution in [0.2, 0.25) is 9.50 Å². The zero-order chi connectivity index (χ0) is 7.28. The van der Waals surface area contributed by atoms with E-state index >= 15 is 0 Å². The first-order valence-corrected chi connectivity index (χ1v) is 7.63. The molecule has 0 aliphatic rings. The summed E-state index contributed by atoms with van der Waals surface area (Å²) in [7, 11) is 0. The van der Waals surface area contributed by atoms with Crippen LogP contribution in [0.5, 0.6) is 0 Å². The summed E-state index contributed by atoms with van der Waals surface area (Å²) in [5, 5.41) is 0. The maximum absolute atomic E-state index is 2.42. The molecule has 0 N–H and O–H groups in total. The maximum atomic E-state index is 2.42. The fourth-order valence-electron chi connectivity index (χ4n) is 1.02. The van der Waals surface area contributed by atoms with Gasteiger partial charge >= 0.3 is 65.5 Å². The molecule has 1 heteroatoms. The molecule has 0 fully saturated rings. The first-order chi connectivity index (χ1) is 4.20. The minimum Gasteiger partial charge on any atom is -1.00 e. The van der Waals surface area contributed by atoms with E-state index in [1.54, 1.807) is 0 Å². The van der Waals surface area contributed by atoms with Crippen LogP contribution in [0.4, 0.5) is 0 Å². The maximum Gasteiger partial charge on any atom is -1.00 e. The molecule has 9 heavy (non-hydrogen) atoms. The second-order valence-electron chi connectivity index (χ2n) is 3.26. The fourth-order valence-corrected chi connectivity index (χ4v) is 5.30. The summed E-state index contributed by atoms with van der Waals surface area (Å²) in [6, 6.07) is 0. The Morgan fingerprint density at radius 3 is 1.67 bits per heavy atom. The minimum absolute atomic E-state index is 0. The van der Waals surface area contributed by atoms with Gasteiger partial charge in [0.1, 0.15) is 0 Å². The second kappa shape index (κ2) is 5.34. The van der Waals surface area contributed by atoms with Crippen LogP contribution in [-0.4, -0.2) is 15.4 Å². The van der Waals surface area contributed by atoms with Crippen molar-refractivity contribution >= 4 is 15.4 Å². The monoisotopic (exact) mass is 192 g/mol. The molecule has 0 rings (SSSR count). The van der Waals surface area contributed by atoms with Gasteiger partial charge in [-0.05, 0) is 0 Å². The van der Waals surface area contributed by atoms with Crippen molar-refractivity contribution in [2.45, 2.75) is 50.0 Å². The smallest absolute Gasteiger partial charge is 1.00 e. The van der Waals surface area contributed by atoms with E-state index in [2.05, 4.69) is 27.7 Å². The van der Waals surface area contributed by atoms with Gasteiger partial charge in [0.05, 0.1) is 0 Å². The van der Waals surface area contributed by atoms with Gasteiger partial charge in [0.15, 0.2) is 0 Å². The molecule has 0 aromatic rings. The number of hydrogen-bond donors (Lipinski definition) is 0. The SMILES string of the molecule is CC[CH](C)[GeH2][CH](C)CC.[H-].[H-]. The normalized spacial score (nSPS) is 18.7. The Kier molecular flexibility index (Phi) is 5.66. The summed E-state index contributed by atoms with van der Waals surface area (Å²) < 4.78 is 2.24. The molecule has 60 valence electrons. The van der Waals surface area contributed by atoms with Crippen LogP contribution in [0.15, 0.2) is 0 Å². The Hall–Kier alpha value is 0.543. The quantitative estimate of drug-likeness (QED) is 0.599. The van der Waals surface area contributed by atoms with E-state index in [-0.39, 0.29) is 18.3 Å². The van der Waals surface area contributed by atoms with E-state index in [9.17, 15) is 0 Å². The Labute approximate surface area is 68.9 Å².